The van der Waals surface area contributed by atoms with Gasteiger partial charge in [0.25, 0.3) is 11.8 Å². The second-order valence-electron chi connectivity index (χ2n) is 13.1. The summed E-state index contributed by atoms with van der Waals surface area (Å²) in [6, 6.07) is 18.8. The first kappa shape index (κ1) is 42.8. The number of hydrogen-bond acceptors (Lipinski definition) is 9. The highest BCUT2D eigenvalue weighted by atomic mass is 35.5. The van der Waals surface area contributed by atoms with E-state index in [0.29, 0.717) is 67.9 Å². The van der Waals surface area contributed by atoms with E-state index >= 15 is 0 Å². The van der Waals surface area contributed by atoms with Crippen LogP contribution in [0.15, 0.2) is 72.9 Å². The molecule has 2 fully saturated rings. The number of primary amides is 1. The molecule has 2 aliphatic rings. The third-order valence-corrected chi connectivity index (χ3v) is 9.70. The number of pyridine rings is 1. The highest BCUT2D eigenvalue weighted by Gasteiger charge is 2.34. The van der Waals surface area contributed by atoms with Crippen LogP contribution in [-0.2, 0) is 15.8 Å². The van der Waals surface area contributed by atoms with Crippen molar-refractivity contribution >= 4 is 40.9 Å². The maximum atomic E-state index is 13.8. The lowest BCUT2D eigenvalue weighted by Gasteiger charge is -2.23. The number of rotatable bonds is 13. The summed E-state index contributed by atoms with van der Waals surface area (Å²) in [7, 11) is 2.99. The average molecular weight is 821 g/mol. The zero-order valence-electron chi connectivity index (χ0n) is 31.7. The number of nitriles is 1. The Labute approximate surface area is 337 Å². The van der Waals surface area contributed by atoms with Crippen molar-refractivity contribution in [1.82, 2.24) is 14.8 Å². The van der Waals surface area contributed by atoms with Crippen LogP contribution in [0.4, 0.5) is 18.9 Å². The van der Waals surface area contributed by atoms with Crippen LogP contribution < -0.4 is 24.8 Å². The summed E-state index contributed by atoms with van der Waals surface area (Å²) < 4.78 is 56.4. The molecule has 0 saturated carbocycles. The summed E-state index contributed by atoms with van der Waals surface area (Å²) in [6.45, 7) is 2.70. The molecule has 304 valence electrons. The SMILES string of the molecule is COc1ccccc1N(C)C(=O)c1cc(-c2cnc(C(F)(F)F)cc2C#N)c(Cl)cc1OCCN1CCCC1=O.NC(=O)c1ccccc1OCCN1CCCC1=O. The van der Waals surface area contributed by atoms with Crippen molar-refractivity contribution in [1.29, 1.82) is 5.26 Å². The molecule has 2 saturated heterocycles. The predicted molar refractivity (Wildman–Crippen MR) is 208 cm³/mol. The number of nitrogens with two attached hydrogens (primary N) is 1. The number of nitrogens with zero attached hydrogens (tertiary/aromatic N) is 5. The molecule has 0 aliphatic carbocycles. The fraction of sp³-hybridized carbons (Fsp3) is 0.317. The highest BCUT2D eigenvalue weighted by molar-refractivity contribution is 6.34. The van der Waals surface area contributed by atoms with Crippen LogP contribution >= 0.6 is 11.6 Å². The molecule has 3 heterocycles. The molecule has 0 radical (unpaired) electrons. The van der Waals surface area contributed by atoms with E-state index < -0.39 is 23.7 Å². The third kappa shape index (κ3) is 10.3. The Morgan fingerprint density at radius 1 is 0.879 bits per heavy atom. The van der Waals surface area contributed by atoms with Gasteiger partial charge in [-0.3, -0.25) is 24.2 Å². The number of hydrogen-bond donors (Lipinski definition) is 1. The maximum Gasteiger partial charge on any atom is 0.433 e. The average Bonchev–Trinajstić information content (AvgIpc) is 3.83. The first-order valence-electron chi connectivity index (χ1n) is 18.2. The molecule has 0 atom stereocenters. The first-order valence-corrected chi connectivity index (χ1v) is 18.5. The lowest BCUT2D eigenvalue weighted by Crippen LogP contribution is -2.30. The second kappa shape index (κ2) is 19.2. The zero-order valence-corrected chi connectivity index (χ0v) is 32.4. The number of halogens is 4. The van der Waals surface area contributed by atoms with Gasteiger partial charge in [0.15, 0.2) is 0 Å². The van der Waals surface area contributed by atoms with Gasteiger partial charge < -0.3 is 34.6 Å². The van der Waals surface area contributed by atoms with Crippen molar-refractivity contribution in [3.63, 3.8) is 0 Å². The van der Waals surface area contributed by atoms with Crippen molar-refractivity contribution in [3.05, 3.63) is 100 Å². The number of aromatic nitrogens is 1. The van der Waals surface area contributed by atoms with Gasteiger partial charge in [0.05, 0.1) is 53.7 Å². The largest absolute Gasteiger partial charge is 0.495 e. The Bertz CT molecular complexity index is 2210. The molecule has 4 amide bonds. The van der Waals surface area contributed by atoms with E-state index in [1.807, 2.05) is 0 Å². The van der Waals surface area contributed by atoms with Crippen molar-refractivity contribution < 1.29 is 46.6 Å². The highest BCUT2D eigenvalue weighted by Crippen LogP contribution is 2.39. The van der Waals surface area contributed by atoms with Gasteiger partial charge in [-0.25, -0.2) is 0 Å². The Morgan fingerprint density at radius 2 is 1.47 bits per heavy atom. The van der Waals surface area contributed by atoms with Gasteiger partial charge in [0.2, 0.25) is 11.8 Å². The Morgan fingerprint density at radius 3 is 2.02 bits per heavy atom. The number of amides is 4. The molecule has 13 nitrogen and oxygen atoms in total. The fourth-order valence-electron chi connectivity index (χ4n) is 6.37. The Balaban J connectivity index is 0.000000296. The molecule has 2 N–H and O–H groups in total. The normalized spacial score (nSPS) is 13.7. The number of benzene rings is 3. The first-order chi connectivity index (χ1) is 27.7. The van der Waals surface area contributed by atoms with E-state index in [-0.39, 0.29) is 51.4 Å². The minimum Gasteiger partial charge on any atom is -0.495 e. The minimum absolute atomic E-state index is 0.0167. The van der Waals surface area contributed by atoms with E-state index in [1.54, 1.807) is 64.4 Å². The van der Waals surface area contributed by atoms with Crippen LogP contribution in [0.25, 0.3) is 11.1 Å². The van der Waals surface area contributed by atoms with Crippen LogP contribution in [0.3, 0.4) is 0 Å². The van der Waals surface area contributed by atoms with Crippen molar-refractivity contribution in [2.75, 3.05) is 58.5 Å². The smallest absolute Gasteiger partial charge is 0.433 e. The lowest BCUT2D eigenvalue weighted by molar-refractivity contribution is -0.141. The molecular formula is C41H40ClF3N6O7. The van der Waals surface area contributed by atoms with Gasteiger partial charge in [-0.1, -0.05) is 35.9 Å². The number of carbonyl (C=O) groups is 4. The molecule has 0 spiro atoms. The fourth-order valence-corrected chi connectivity index (χ4v) is 6.63. The quantitative estimate of drug-likeness (QED) is 0.161. The number of para-hydroxylation sites is 3. The van der Waals surface area contributed by atoms with Crippen molar-refractivity contribution in [2.45, 2.75) is 31.9 Å². The van der Waals surface area contributed by atoms with Gasteiger partial charge in [-0.15, -0.1) is 0 Å². The van der Waals surface area contributed by atoms with Crippen molar-refractivity contribution in [2.24, 2.45) is 5.73 Å². The van der Waals surface area contributed by atoms with E-state index in [0.717, 1.165) is 25.6 Å². The molecule has 17 heteroatoms. The number of likely N-dealkylation sites (tertiary alicyclic amines) is 2. The number of ether oxygens (including phenoxy) is 3. The van der Waals surface area contributed by atoms with Gasteiger partial charge in [0, 0.05) is 56.4 Å². The third-order valence-electron chi connectivity index (χ3n) is 9.39. The molecule has 3 aromatic carbocycles. The van der Waals surface area contributed by atoms with Gasteiger partial charge in [-0.2, -0.15) is 18.4 Å². The van der Waals surface area contributed by atoms with E-state index in [4.69, 9.17) is 31.5 Å². The number of alkyl halides is 3. The zero-order chi connectivity index (χ0) is 42.0. The molecule has 0 unspecified atom stereocenters. The van der Waals surface area contributed by atoms with Gasteiger partial charge in [0.1, 0.15) is 36.2 Å². The van der Waals surface area contributed by atoms with Crippen LogP contribution in [0.2, 0.25) is 5.02 Å². The maximum absolute atomic E-state index is 13.8. The van der Waals surface area contributed by atoms with E-state index in [2.05, 4.69) is 4.98 Å². The number of carbonyl (C=O) groups excluding carboxylic acids is 4. The molecule has 4 aromatic rings. The Kier molecular flexibility index (Phi) is 14.2. The van der Waals surface area contributed by atoms with Crippen LogP contribution in [0.1, 0.15) is 57.7 Å². The summed E-state index contributed by atoms with van der Waals surface area (Å²) in [5, 5.41) is 9.63. The monoisotopic (exact) mass is 820 g/mol. The molecule has 58 heavy (non-hydrogen) atoms. The summed E-state index contributed by atoms with van der Waals surface area (Å²) in [5.74, 6) is 0.143. The summed E-state index contributed by atoms with van der Waals surface area (Å²) in [5.41, 5.74) is 4.69. The standard InChI is InChI=1S/C28H24ClF3N4O4.C13H16N2O3/c1-35(22-6-3-4-7-23(22)39-2)27(38)19-13-18(20-16-34-25(28(30,31)32)12-17(20)15-33)21(29)14-24(19)40-11-10-36-9-5-8-26(36)37;14-13(17)10-4-1-2-5-11(10)18-9-8-15-7-3-6-12(15)16/h3-4,6-7,12-14,16H,5,8-11H2,1-2H3;1-2,4-5H,3,6-9H2,(H2,14,17). The minimum atomic E-state index is -4.75. The molecule has 0 bridgehead atoms. The molecular weight excluding hydrogens is 781 g/mol. The predicted octanol–water partition coefficient (Wildman–Crippen LogP) is 6.37. The number of anilines is 1. The van der Waals surface area contributed by atoms with Crippen LogP contribution in [-0.4, -0.2) is 92.0 Å². The van der Waals surface area contributed by atoms with E-state index in [1.165, 1.54) is 31.2 Å². The molecule has 1 aromatic heterocycles. The lowest BCUT2D eigenvalue weighted by atomic mass is 9.98. The Hall–Kier alpha value is -6.34. The van der Waals surface area contributed by atoms with Crippen molar-refractivity contribution in [3.8, 4) is 34.4 Å². The van der Waals surface area contributed by atoms with Crippen LogP contribution in [0.5, 0.6) is 17.2 Å². The van der Waals surface area contributed by atoms with Gasteiger partial charge >= 0.3 is 6.18 Å². The summed E-state index contributed by atoms with van der Waals surface area (Å²) in [4.78, 5) is 56.6. The topological polar surface area (TPSA) is 168 Å². The van der Waals surface area contributed by atoms with Gasteiger partial charge in [-0.05, 0) is 49.2 Å². The second-order valence-corrected chi connectivity index (χ2v) is 13.5. The van der Waals surface area contributed by atoms with E-state index in [9.17, 15) is 37.6 Å². The summed E-state index contributed by atoms with van der Waals surface area (Å²) >= 11 is 6.52. The number of methoxy groups -OCH3 is 1. The molecule has 6 rings (SSSR count). The molecule has 2 aliphatic heterocycles. The summed E-state index contributed by atoms with van der Waals surface area (Å²) in [6.07, 6.45) is -1.08. The van der Waals surface area contributed by atoms with Crippen LogP contribution in [0, 0.1) is 11.3 Å².